The molecule has 0 unspecified atom stereocenters. The van der Waals surface area contributed by atoms with Crippen LogP contribution in [0.1, 0.15) is 23.2 Å². The summed E-state index contributed by atoms with van der Waals surface area (Å²) in [5.41, 5.74) is 3.48. The van der Waals surface area contributed by atoms with E-state index in [0.29, 0.717) is 0 Å². The largest absolute Gasteiger partial charge is 0.574 e. The Kier molecular flexibility index (Phi) is 4.82. The molecular weight excluding hydrogens is 291 g/mol. The van der Waals surface area contributed by atoms with Gasteiger partial charge in [-0.2, -0.15) is 0 Å². The maximum atomic E-state index is 12.7. The van der Waals surface area contributed by atoms with Crippen molar-refractivity contribution in [2.24, 2.45) is 5.73 Å². The highest BCUT2D eigenvalue weighted by atomic mass is 19.4. The third-order valence-corrected chi connectivity index (χ3v) is 2.15. The van der Waals surface area contributed by atoms with E-state index in [4.69, 9.17) is 10.8 Å². The summed E-state index contributed by atoms with van der Waals surface area (Å²) in [5.74, 6) is -2.68. The summed E-state index contributed by atoms with van der Waals surface area (Å²) in [6.45, 7) is -0.425. The van der Waals surface area contributed by atoms with Gasteiger partial charge in [-0.25, -0.2) is 13.8 Å². The van der Waals surface area contributed by atoms with Crippen LogP contribution < -0.4 is 10.5 Å². The predicted molar refractivity (Wildman–Crippen MR) is 55.1 cm³/mol. The zero-order valence-electron chi connectivity index (χ0n) is 9.75. The normalized spacial score (nSPS) is 11.8. The molecule has 0 saturated heterocycles. The van der Waals surface area contributed by atoms with Crippen LogP contribution in [-0.4, -0.2) is 22.4 Å². The molecule has 0 aliphatic rings. The van der Waals surface area contributed by atoms with Crippen LogP contribution in [0.2, 0.25) is 0 Å². The second-order valence-electron chi connectivity index (χ2n) is 3.62. The molecule has 1 aromatic heterocycles. The highest BCUT2D eigenvalue weighted by Gasteiger charge is 2.34. The van der Waals surface area contributed by atoms with Crippen molar-refractivity contribution in [3.05, 3.63) is 22.9 Å². The molecule has 0 radical (unpaired) electrons. The average Bonchev–Trinajstić information content (AvgIpc) is 2.27. The molecular formula is C10H9F5N2O3. The fourth-order valence-corrected chi connectivity index (χ4v) is 1.44. The van der Waals surface area contributed by atoms with Gasteiger partial charge in [0.25, 0.3) is 6.43 Å². The van der Waals surface area contributed by atoms with Gasteiger partial charge in [0.1, 0.15) is 5.69 Å². The fraction of sp³-hybridized carbons (Fsp3) is 0.400. The van der Waals surface area contributed by atoms with E-state index in [1.165, 1.54) is 0 Å². The van der Waals surface area contributed by atoms with E-state index in [0.717, 1.165) is 6.07 Å². The quantitative estimate of drug-likeness (QED) is 0.812. The van der Waals surface area contributed by atoms with Crippen LogP contribution >= 0.6 is 0 Å². The standard InChI is InChI=1S/C10H9F5N2O3/c11-8(12)7-5(3-16)1-4(2-6(18)19)9(17-7)20-10(13,14)15/h1,8H,2-3,16H2,(H,18,19). The number of aliphatic carboxylic acids is 1. The van der Waals surface area contributed by atoms with Gasteiger partial charge in [-0.1, -0.05) is 0 Å². The second-order valence-corrected chi connectivity index (χ2v) is 3.62. The molecule has 0 aromatic carbocycles. The Morgan fingerprint density at radius 1 is 1.40 bits per heavy atom. The zero-order valence-corrected chi connectivity index (χ0v) is 9.75. The predicted octanol–water partition coefficient (Wildman–Crippen LogP) is 2.00. The van der Waals surface area contributed by atoms with E-state index in [-0.39, 0.29) is 5.56 Å². The lowest BCUT2D eigenvalue weighted by atomic mass is 10.1. The number of carboxylic acids is 1. The van der Waals surface area contributed by atoms with E-state index in [9.17, 15) is 26.7 Å². The lowest BCUT2D eigenvalue weighted by Crippen LogP contribution is -2.21. The Morgan fingerprint density at radius 2 is 2.00 bits per heavy atom. The first kappa shape index (κ1) is 16.1. The lowest BCUT2D eigenvalue weighted by Gasteiger charge is -2.15. The van der Waals surface area contributed by atoms with Crippen LogP contribution in [0.5, 0.6) is 5.88 Å². The van der Waals surface area contributed by atoms with E-state index in [2.05, 4.69) is 9.72 Å². The number of halogens is 5. The number of hydrogen-bond donors (Lipinski definition) is 2. The summed E-state index contributed by atoms with van der Waals surface area (Å²) in [6, 6.07) is 0.823. The topological polar surface area (TPSA) is 85.4 Å². The Bertz CT molecular complexity index is 504. The van der Waals surface area contributed by atoms with E-state index in [1.54, 1.807) is 0 Å². The molecule has 0 bridgehead atoms. The van der Waals surface area contributed by atoms with Crippen LogP contribution in [-0.2, 0) is 17.8 Å². The summed E-state index contributed by atoms with van der Waals surface area (Å²) < 4.78 is 65.2. The number of carbonyl (C=O) groups is 1. The molecule has 0 atom stereocenters. The lowest BCUT2D eigenvalue weighted by molar-refractivity contribution is -0.276. The minimum Gasteiger partial charge on any atom is -0.481 e. The summed E-state index contributed by atoms with van der Waals surface area (Å²) in [7, 11) is 0. The number of nitrogens with zero attached hydrogens (tertiary/aromatic N) is 1. The average molecular weight is 300 g/mol. The SMILES string of the molecule is NCc1cc(CC(=O)O)c(OC(F)(F)F)nc1C(F)F. The monoisotopic (exact) mass is 300 g/mol. The minimum absolute atomic E-state index is 0.245. The van der Waals surface area contributed by atoms with Gasteiger partial charge in [0.15, 0.2) is 0 Å². The summed E-state index contributed by atoms with van der Waals surface area (Å²) >= 11 is 0. The van der Waals surface area contributed by atoms with Gasteiger partial charge in [0.2, 0.25) is 5.88 Å². The van der Waals surface area contributed by atoms with E-state index in [1.807, 2.05) is 0 Å². The van der Waals surface area contributed by atoms with Crippen molar-refractivity contribution in [3.8, 4) is 5.88 Å². The van der Waals surface area contributed by atoms with Gasteiger partial charge in [-0.3, -0.25) is 4.79 Å². The molecule has 0 aliphatic heterocycles. The smallest absolute Gasteiger partial charge is 0.481 e. The number of hydrogen-bond acceptors (Lipinski definition) is 4. The molecule has 20 heavy (non-hydrogen) atoms. The van der Waals surface area contributed by atoms with Gasteiger partial charge in [-0.15, -0.1) is 13.2 Å². The number of alkyl halides is 5. The third kappa shape index (κ3) is 4.30. The highest BCUT2D eigenvalue weighted by molar-refractivity contribution is 5.71. The van der Waals surface area contributed by atoms with E-state index >= 15 is 0 Å². The molecule has 1 aromatic rings. The van der Waals surface area contributed by atoms with Crippen LogP contribution in [0.3, 0.4) is 0 Å². The van der Waals surface area contributed by atoms with Crippen molar-refractivity contribution in [1.29, 1.82) is 0 Å². The number of ether oxygens (including phenoxy) is 1. The first-order valence-electron chi connectivity index (χ1n) is 5.12. The number of pyridine rings is 1. The molecule has 1 rings (SSSR count). The maximum Gasteiger partial charge on any atom is 0.574 e. The first-order chi connectivity index (χ1) is 9.14. The van der Waals surface area contributed by atoms with Crippen LogP contribution in [0, 0.1) is 0 Å². The van der Waals surface area contributed by atoms with Crippen LogP contribution in [0.15, 0.2) is 6.07 Å². The van der Waals surface area contributed by atoms with Crippen molar-refractivity contribution in [2.45, 2.75) is 25.8 Å². The van der Waals surface area contributed by atoms with Crippen LogP contribution in [0.25, 0.3) is 0 Å². The molecule has 10 heteroatoms. The fourth-order valence-electron chi connectivity index (χ4n) is 1.44. The molecule has 0 spiro atoms. The van der Waals surface area contributed by atoms with Crippen molar-refractivity contribution in [2.75, 3.05) is 0 Å². The minimum atomic E-state index is -5.18. The third-order valence-electron chi connectivity index (χ3n) is 2.15. The van der Waals surface area contributed by atoms with Crippen LogP contribution in [0.4, 0.5) is 22.0 Å². The summed E-state index contributed by atoms with van der Waals surface area (Å²) in [6.07, 6.45) is -9.21. The number of carboxylic acid groups (broad SMARTS) is 1. The van der Waals surface area contributed by atoms with Crippen molar-refractivity contribution < 1.29 is 36.6 Å². The molecule has 0 saturated carbocycles. The van der Waals surface area contributed by atoms with E-state index < -0.39 is 48.9 Å². The Hall–Kier alpha value is -1.97. The number of nitrogens with two attached hydrogens (primary N) is 1. The van der Waals surface area contributed by atoms with Crippen molar-refractivity contribution >= 4 is 5.97 Å². The van der Waals surface area contributed by atoms with Gasteiger partial charge in [0, 0.05) is 12.1 Å². The number of aromatic nitrogens is 1. The second kappa shape index (κ2) is 5.99. The highest BCUT2D eigenvalue weighted by Crippen LogP contribution is 2.30. The van der Waals surface area contributed by atoms with Gasteiger partial charge in [-0.05, 0) is 11.6 Å². The first-order valence-corrected chi connectivity index (χ1v) is 5.12. The Balaban J connectivity index is 3.35. The summed E-state index contributed by atoms with van der Waals surface area (Å²) in [5, 5.41) is 8.59. The summed E-state index contributed by atoms with van der Waals surface area (Å²) in [4.78, 5) is 13.6. The van der Waals surface area contributed by atoms with Crippen molar-refractivity contribution in [3.63, 3.8) is 0 Å². The number of rotatable bonds is 5. The Morgan fingerprint density at radius 3 is 2.40 bits per heavy atom. The molecule has 0 fully saturated rings. The molecule has 0 aliphatic carbocycles. The maximum absolute atomic E-state index is 12.7. The van der Waals surface area contributed by atoms with Gasteiger partial charge in [0.05, 0.1) is 6.42 Å². The molecule has 1 heterocycles. The molecule has 3 N–H and O–H groups in total. The van der Waals surface area contributed by atoms with Gasteiger partial charge >= 0.3 is 12.3 Å². The Labute approximate surface area is 109 Å². The van der Waals surface area contributed by atoms with Gasteiger partial charge < -0.3 is 15.6 Å². The molecule has 112 valence electrons. The van der Waals surface area contributed by atoms with Crippen molar-refractivity contribution in [1.82, 2.24) is 4.98 Å². The molecule has 5 nitrogen and oxygen atoms in total. The zero-order chi connectivity index (χ0) is 15.5. The molecule has 0 amide bonds.